The van der Waals surface area contributed by atoms with Crippen LogP contribution in [0.4, 0.5) is 11.4 Å². The van der Waals surface area contributed by atoms with Crippen molar-refractivity contribution in [2.24, 2.45) is 0 Å². The van der Waals surface area contributed by atoms with E-state index >= 15 is 0 Å². The summed E-state index contributed by atoms with van der Waals surface area (Å²) in [5, 5.41) is 16.1. The maximum Gasteiger partial charge on any atom is 0.337 e. The van der Waals surface area contributed by atoms with E-state index in [0.717, 1.165) is 46.9 Å². The number of allylic oxidation sites excluding steroid dienone is 1. The van der Waals surface area contributed by atoms with E-state index in [9.17, 15) is 9.90 Å². The minimum Gasteiger partial charge on any atom is -0.493 e. The predicted octanol–water partition coefficient (Wildman–Crippen LogP) is 5.52. The van der Waals surface area contributed by atoms with Gasteiger partial charge in [0.1, 0.15) is 11.5 Å². The lowest BCUT2D eigenvalue weighted by atomic mass is 9.92. The van der Waals surface area contributed by atoms with Crippen LogP contribution in [0.25, 0.3) is 6.08 Å². The lowest BCUT2D eigenvalue weighted by Crippen LogP contribution is -2.21. The number of aryl methyl sites for hydroxylation is 1. The van der Waals surface area contributed by atoms with Crippen molar-refractivity contribution in [1.29, 1.82) is 0 Å². The van der Waals surface area contributed by atoms with E-state index in [0.29, 0.717) is 18.8 Å². The fourth-order valence-corrected chi connectivity index (χ4v) is 3.85. The minimum atomic E-state index is -0.969. The molecule has 0 saturated heterocycles. The Morgan fingerprint density at radius 2 is 2.19 bits per heavy atom. The third-order valence-corrected chi connectivity index (χ3v) is 5.68. The number of benzene rings is 1. The standard InChI is InChI=1S/C25H27N3O4/c1-3-19(12-17-7-10-31-16(17)2)28-20-4-5-21-18(8-11-32-24(21)13-20)14-27-23-15-26-9-6-22(23)25(29)30/h4-7,9-10,12-13,15,18,27-28H,3,8,11,14H2,1-2H3,(H,29,30)/b19-12+/t18-/m0/s1. The number of pyridine rings is 1. The van der Waals surface area contributed by atoms with E-state index < -0.39 is 5.97 Å². The van der Waals surface area contributed by atoms with Gasteiger partial charge in [0, 0.05) is 41.7 Å². The molecule has 4 rings (SSSR count). The predicted molar refractivity (Wildman–Crippen MR) is 124 cm³/mol. The number of aromatic nitrogens is 1. The quantitative estimate of drug-likeness (QED) is 0.430. The maximum absolute atomic E-state index is 11.4. The summed E-state index contributed by atoms with van der Waals surface area (Å²) in [6, 6.07) is 9.63. The summed E-state index contributed by atoms with van der Waals surface area (Å²) >= 11 is 0. The average Bonchev–Trinajstić information content (AvgIpc) is 3.21. The molecule has 3 N–H and O–H groups in total. The number of nitrogens with zero attached hydrogens (tertiary/aromatic N) is 1. The van der Waals surface area contributed by atoms with Crippen molar-refractivity contribution in [2.75, 3.05) is 23.8 Å². The van der Waals surface area contributed by atoms with Crippen LogP contribution in [0.15, 0.2) is 59.1 Å². The largest absolute Gasteiger partial charge is 0.493 e. The highest BCUT2D eigenvalue weighted by Crippen LogP contribution is 2.36. The first-order valence-corrected chi connectivity index (χ1v) is 10.7. The molecule has 0 bridgehead atoms. The number of hydrogen-bond donors (Lipinski definition) is 3. The van der Waals surface area contributed by atoms with Crippen molar-refractivity contribution in [2.45, 2.75) is 32.6 Å². The summed E-state index contributed by atoms with van der Waals surface area (Å²) < 4.78 is 11.3. The molecular formula is C25H27N3O4. The Morgan fingerprint density at radius 3 is 2.94 bits per heavy atom. The molecule has 1 aliphatic rings. The van der Waals surface area contributed by atoms with Crippen LogP contribution in [-0.2, 0) is 0 Å². The van der Waals surface area contributed by atoms with Gasteiger partial charge in [-0.15, -0.1) is 0 Å². The number of rotatable bonds is 8. The molecule has 0 aliphatic carbocycles. The lowest BCUT2D eigenvalue weighted by molar-refractivity contribution is 0.0697. The van der Waals surface area contributed by atoms with Gasteiger partial charge in [-0.2, -0.15) is 0 Å². The lowest BCUT2D eigenvalue weighted by Gasteiger charge is -2.27. The monoisotopic (exact) mass is 433 g/mol. The molecule has 0 unspecified atom stereocenters. The van der Waals surface area contributed by atoms with Gasteiger partial charge < -0.3 is 24.9 Å². The summed E-state index contributed by atoms with van der Waals surface area (Å²) in [4.78, 5) is 15.5. The number of ether oxygens (including phenoxy) is 1. The Morgan fingerprint density at radius 1 is 1.31 bits per heavy atom. The van der Waals surface area contributed by atoms with Gasteiger partial charge in [-0.1, -0.05) is 13.0 Å². The third kappa shape index (κ3) is 4.77. The van der Waals surface area contributed by atoms with Crippen LogP contribution in [-0.4, -0.2) is 29.2 Å². The van der Waals surface area contributed by atoms with Gasteiger partial charge in [-0.3, -0.25) is 4.98 Å². The first-order valence-electron chi connectivity index (χ1n) is 10.7. The second-order valence-electron chi connectivity index (χ2n) is 7.77. The van der Waals surface area contributed by atoms with Crippen molar-refractivity contribution in [3.8, 4) is 5.75 Å². The number of anilines is 2. The van der Waals surface area contributed by atoms with Crippen LogP contribution in [0.3, 0.4) is 0 Å². The van der Waals surface area contributed by atoms with Crippen LogP contribution in [0.5, 0.6) is 5.75 Å². The summed E-state index contributed by atoms with van der Waals surface area (Å²) in [5.74, 6) is 0.988. The van der Waals surface area contributed by atoms with E-state index in [1.807, 2.05) is 19.1 Å². The number of aromatic carboxylic acids is 1. The van der Waals surface area contributed by atoms with Gasteiger partial charge in [0.2, 0.25) is 0 Å². The molecule has 32 heavy (non-hydrogen) atoms. The number of carboxylic acid groups (broad SMARTS) is 1. The van der Waals surface area contributed by atoms with Crippen LogP contribution < -0.4 is 15.4 Å². The molecule has 7 nitrogen and oxygen atoms in total. The fraction of sp³-hybridized carbons (Fsp3) is 0.280. The molecular weight excluding hydrogens is 406 g/mol. The zero-order chi connectivity index (χ0) is 22.5. The summed E-state index contributed by atoms with van der Waals surface area (Å²) in [7, 11) is 0. The smallest absolute Gasteiger partial charge is 0.337 e. The zero-order valence-electron chi connectivity index (χ0n) is 18.2. The molecule has 0 radical (unpaired) electrons. The van der Waals surface area contributed by atoms with E-state index in [-0.39, 0.29) is 11.5 Å². The minimum absolute atomic E-state index is 0.212. The fourth-order valence-electron chi connectivity index (χ4n) is 3.85. The Bertz CT molecular complexity index is 1140. The first kappa shape index (κ1) is 21.5. The number of carboxylic acids is 1. The van der Waals surface area contributed by atoms with Gasteiger partial charge in [0.15, 0.2) is 0 Å². The van der Waals surface area contributed by atoms with Crippen molar-refractivity contribution >= 4 is 23.4 Å². The number of fused-ring (bicyclic) bond motifs is 1. The topological polar surface area (TPSA) is 96.6 Å². The van der Waals surface area contributed by atoms with Crippen LogP contribution in [0.2, 0.25) is 0 Å². The van der Waals surface area contributed by atoms with Crippen LogP contribution >= 0.6 is 0 Å². The molecule has 0 spiro atoms. The average molecular weight is 434 g/mol. The Hall–Kier alpha value is -3.74. The second-order valence-corrected chi connectivity index (χ2v) is 7.77. The van der Waals surface area contributed by atoms with Crippen molar-refractivity contribution in [3.05, 3.63) is 77.1 Å². The molecule has 1 aromatic carbocycles. The molecule has 7 heteroatoms. The van der Waals surface area contributed by atoms with Crippen molar-refractivity contribution in [3.63, 3.8) is 0 Å². The summed E-state index contributed by atoms with van der Waals surface area (Å²) in [5.41, 5.74) is 4.97. The van der Waals surface area contributed by atoms with Gasteiger partial charge in [-0.05, 0) is 49.6 Å². The molecule has 166 valence electrons. The number of furan rings is 1. The van der Waals surface area contributed by atoms with Crippen LogP contribution in [0, 0.1) is 6.92 Å². The van der Waals surface area contributed by atoms with E-state index in [4.69, 9.17) is 9.15 Å². The highest BCUT2D eigenvalue weighted by atomic mass is 16.5. The van der Waals surface area contributed by atoms with E-state index in [2.05, 4.69) is 40.8 Å². The Balaban J connectivity index is 1.48. The maximum atomic E-state index is 11.4. The number of carbonyl (C=O) groups is 1. The second kappa shape index (κ2) is 9.60. The van der Waals surface area contributed by atoms with E-state index in [1.165, 1.54) is 12.3 Å². The molecule has 1 atom stereocenters. The van der Waals surface area contributed by atoms with Gasteiger partial charge in [0.25, 0.3) is 0 Å². The normalized spacial score (nSPS) is 15.6. The Labute approximate surface area is 187 Å². The molecule has 3 aromatic rings. The number of hydrogen-bond acceptors (Lipinski definition) is 6. The van der Waals surface area contributed by atoms with E-state index in [1.54, 1.807) is 12.5 Å². The molecule has 3 heterocycles. The third-order valence-electron chi connectivity index (χ3n) is 5.68. The first-order chi connectivity index (χ1) is 15.5. The Kier molecular flexibility index (Phi) is 6.44. The molecule has 2 aromatic heterocycles. The molecule has 0 amide bonds. The summed E-state index contributed by atoms with van der Waals surface area (Å²) in [6.45, 7) is 5.28. The highest BCUT2D eigenvalue weighted by Gasteiger charge is 2.22. The van der Waals surface area contributed by atoms with Gasteiger partial charge >= 0.3 is 5.97 Å². The van der Waals surface area contributed by atoms with Gasteiger partial charge in [0.05, 0.1) is 30.3 Å². The SMILES string of the molecule is CC/C(=C\c1ccoc1C)Nc1ccc2c(c1)OCC[C@H]2CNc1cnccc1C(=O)O. The van der Waals surface area contributed by atoms with Crippen molar-refractivity contribution in [1.82, 2.24) is 4.98 Å². The highest BCUT2D eigenvalue weighted by molar-refractivity contribution is 5.93. The molecule has 1 aliphatic heterocycles. The molecule has 0 saturated carbocycles. The van der Waals surface area contributed by atoms with Crippen LogP contribution in [0.1, 0.15) is 52.9 Å². The number of nitrogens with one attached hydrogen (secondary N) is 2. The summed E-state index contributed by atoms with van der Waals surface area (Å²) in [6.07, 6.45) is 8.54. The van der Waals surface area contributed by atoms with Gasteiger partial charge in [-0.25, -0.2) is 4.79 Å². The van der Waals surface area contributed by atoms with Crippen molar-refractivity contribution < 1.29 is 19.1 Å². The molecule has 0 fully saturated rings. The zero-order valence-corrected chi connectivity index (χ0v) is 18.2.